The summed E-state index contributed by atoms with van der Waals surface area (Å²) in [5, 5.41) is 3.62. The number of hydrogen-bond donors (Lipinski definition) is 2. The van der Waals surface area contributed by atoms with Gasteiger partial charge in [0.1, 0.15) is 5.82 Å². The fraction of sp³-hybridized carbons (Fsp3) is 0.611. The molecule has 1 saturated heterocycles. The summed E-state index contributed by atoms with van der Waals surface area (Å²) in [5.74, 6) is 2.54. The van der Waals surface area contributed by atoms with E-state index in [4.69, 9.17) is 4.98 Å². The topological polar surface area (TPSA) is 69.7 Å². The molecule has 1 atom stereocenters. The number of anilines is 1. The van der Waals surface area contributed by atoms with Gasteiger partial charge < -0.3 is 15.2 Å². The zero-order valence-electron chi connectivity index (χ0n) is 14.9. The Hall–Kier alpha value is -1.95. The average molecular weight is 328 g/mol. The molecule has 3 rings (SSSR count). The average Bonchev–Trinajstić information content (AvgIpc) is 3.17. The van der Waals surface area contributed by atoms with Crippen molar-refractivity contribution in [2.24, 2.45) is 5.92 Å². The van der Waals surface area contributed by atoms with Gasteiger partial charge in [-0.25, -0.2) is 15.0 Å². The molecule has 0 aliphatic carbocycles. The second-order valence-corrected chi connectivity index (χ2v) is 7.07. The maximum atomic E-state index is 4.78. The molecule has 2 aromatic rings. The lowest BCUT2D eigenvalue weighted by molar-refractivity contribution is 0.549. The molecule has 3 heterocycles. The van der Waals surface area contributed by atoms with Crippen molar-refractivity contribution in [2.75, 3.05) is 24.5 Å². The highest BCUT2D eigenvalue weighted by Crippen LogP contribution is 2.18. The van der Waals surface area contributed by atoms with Crippen LogP contribution in [0.2, 0.25) is 0 Å². The van der Waals surface area contributed by atoms with E-state index in [9.17, 15) is 0 Å². The molecule has 1 fully saturated rings. The summed E-state index contributed by atoms with van der Waals surface area (Å²) < 4.78 is 0. The van der Waals surface area contributed by atoms with E-state index in [2.05, 4.69) is 52.0 Å². The zero-order chi connectivity index (χ0) is 16.9. The predicted octanol–water partition coefficient (Wildman–Crippen LogP) is 2.12. The Bertz CT molecular complexity index is 637. The predicted molar refractivity (Wildman–Crippen MR) is 96.2 cm³/mol. The third kappa shape index (κ3) is 4.54. The fourth-order valence-corrected chi connectivity index (χ4v) is 3.22. The van der Waals surface area contributed by atoms with Gasteiger partial charge in [-0.05, 0) is 31.7 Å². The van der Waals surface area contributed by atoms with Crippen molar-refractivity contribution in [3.05, 3.63) is 35.7 Å². The molecule has 0 amide bonds. The normalized spacial score (nSPS) is 17.8. The van der Waals surface area contributed by atoms with Crippen LogP contribution in [0.4, 0.5) is 5.95 Å². The van der Waals surface area contributed by atoms with Gasteiger partial charge in [0.2, 0.25) is 5.95 Å². The largest absolute Gasteiger partial charge is 0.349 e. The van der Waals surface area contributed by atoms with Gasteiger partial charge in [0.15, 0.2) is 0 Å². The molecule has 0 spiro atoms. The molecule has 1 aliphatic rings. The van der Waals surface area contributed by atoms with Gasteiger partial charge in [-0.1, -0.05) is 13.8 Å². The van der Waals surface area contributed by atoms with Crippen LogP contribution in [0.15, 0.2) is 18.5 Å². The molecule has 2 N–H and O–H groups in total. The minimum absolute atomic E-state index is 0.498. The highest BCUT2D eigenvalue weighted by atomic mass is 15.3. The summed E-state index contributed by atoms with van der Waals surface area (Å²) in [6.07, 6.45) is 6.75. The molecule has 24 heavy (non-hydrogen) atoms. The molecule has 0 saturated carbocycles. The van der Waals surface area contributed by atoms with E-state index in [1.807, 2.05) is 6.20 Å². The quantitative estimate of drug-likeness (QED) is 0.815. The number of aromatic nitrogens is 4. The standard InChI is InChI=1S/C18H28N6/c1-13(2)10-16-11-14(3)22-18(23-16)24-9-5-15(12-24)19-6-4-17-20-7-8-21-17/h7-8,11,13,15,19H,4-6,9-10,12H2,1-3H3,(H,20,21). The molecule has 1 aliphatic heterocycles. The second kappa shape index (κ2) is 7.75. The van der Waals surface area contributed by atoms with Crippen LogP contribution in [0.25, 0.3) is 0 Å². The number of nitrogens with one attached hydrogen (secondary N) is 2. The van der Waals surface area contributed by atoms with Crippen molar-refractivity contribution in [1.82, 2.24) is 25.3 Å². The van der Waals surface area contributed by atoms with E-state index >= 15 is 0 Å². The zero-order valence-corrected chi connectivity index (χ0v) is 14.9. The maximum Gasteiger partial charge on any atom is 0.225 e. The van der Waals surface area contributed by atoms with Crippen molar-refractivity contribution in [3.8, 4) is 0 Å². The number of imidazole rings is 1. The summed E-state index contributed by atoms with van der Waals surface area (Å²) in [6, 6.07) is 2.61. The molecule has 0 aromatic carbocycles. The number of aryl methyl sites for hydroxylation is 1. The Balaban J connectivity index is 1.54. The first-order chi connectivity index (χ1) is 11.6. The summed E-state index contributed by atoms with van der Waals surface area (Å²) in [5.41, 5.74) is 2.21. The Labute approximate surface area is 144 Å². The Morgan fingerprint density at radius 1 is 1.38 bits per heavy atom. The molecule has 0 radical (unpaired) electrons. The molecule has 0 bridgehead atoms. The van der Waals surface area contributed by atoms with Crippen LogP contribution in [-0.2, 0) is 12.8 Å². The minimum atomic E-state index is 0.498. The van der Waals surface area contributed by atoms with E-state index in [1.54, 1.807) is 6.20 Å². The SMILES string of the molecule is Cc1cc(CC(C)C)nc(N2CCC(NCCc3ncc[nH]3)C2)n1. The number of rotatable bonds is 7. The van der Waals surface area contributed by atoms with Crippen molar-refractivity contribution in [3.63, 3.8) is 0 Å². The van der Waals surface area contributed by atoms with Crippen LogP contribution in [0, 0.1) is 12.8 Å². The smallest absolute Gasteiger partial charge is 0.225 e. The molecule has 130 valence electrons. The van der Waals surface area contributed by atoms with Crippen molar-refractivity contribution in [1.29, 1.82) is 0 Å². The van der Waals surface area contributed by atoms with Crippen LogP contribution in [0.3, 0.4) is 0 Å². The van der Waals surface area contributed by atoms with E-state index in [0.29, 0.717) is 12.0 Å². The summed E-state index contributed by atoms with van der Waals surface area (Å²) >= 11 is 0. The highest BCUT2D eigenvalue weighted by Gasteiger charge is 2.24. The molecule has 2 aromatic heterocycles. The number of H-pyrrole nitrogens is 1. The molecule has 1 unspecified atom stereocenters. The van der Waals surface area contributed by atoms with Gasteiger partial charge in [-0.3, -0.25) is 0 Å². The first-order valence-corrected chi connectivity index (χ1v) is 8.91. The lowest BCUT2D eigenvalue weighted by Gasteiger charge is -2.18. The Morgan fingerprint density at radius 2 is 2.25 bits per heavy atom. The van der Waals surface area contributed by atoms with Gasteiger partial charge in [-0.2, -0.15) is 0 Å². The summed E-state index contributed by atoms with van der Waals surface area (Å²) in [6.45, 7) is 9.45. The summed E-state index contributed by atoms with van der Waals surface area (Å²) in [7, 11) is 0. The first kappa shape index (κ1) is 16.9. The van der Waals surface area contributed by atoms with Crippen LogP contribution >= 0.6 is 0 Å². The van der Waals surface area contributed by atoms with Crippen molar-refractivity contribution < 1.29 is 0 Å². The van der Waals surface area contributed by atoms with Crippen molar-refractivity contribution >= 4 is 5.95 Å². The van der Waals surface area contributed by atoms with Gasteiger partial charge in [0.05, 0.1) is 0 Å². The van der Waals surface area contributed by atoms with Crippen LogP contribution in [0.5, 0.6) is 0 Å². The van der Waals surface area contributed by atoms with E-state index < -0.39 is 0 Å². The van der Waals surface area contributed by atoms with Gasteiger partial charge in [-0.15, -0.1) is 0 Å². The third-order valence-corrected chi connectivity index (χ3v) is 4.33. The van der Waals surface area contributed by atoms with Crippen LogP contribution < -0.4 is 10.2 Å². The van der Waals surface area contributed by atoms with E-state index in [-0.39, 0.29) is 0 Å². The van der Waals surface area contributed by atoms with Crippen LogP contribution in [0.1, 0.15) is 37.5 Å². The second-order valence-electron chi connectivity index (χ2n) is 7.07. The number of aromatic amines is 1. The van der Waals surface area contributed by atoms with Gasteiger partial charge in [0, 0.05) is 55.9 Å². The Morgan fingerprint density at radius 3 is 3.00 bits per heavy atom. The Kier molecular flexibility index (Phi) is 5.45. The number of hydrogen-bond acceptors (Lipinski definition) is 5. The van der Waals surface area contributed by atoms with E-state index in [1.165, 1.54) is 0 Å². The summed E-state index contributed by atoms with van der Waals surface area (Å²) in [4.78, 5) is 19.1. The lowest BCUT2D eigenvalue weighted by Crippen LogP contribution is -2.34. The van der Waals surface area contributed by atoms with E-state index in [0.717, 1.165) is 62.1 Å². The number of nitrogens with zero attached hydrogens (tertiary/aromatic N) is 4. The third-order valence-electron chi connectivity index (χ3n) is 4.33. The van der Waals surface area contributed by atoms with Crippen LogP contribution in [-0.4, -0.2) is 45.6 Å². The molecular weight excluding hydrogens is 300 g/mol. The minimum Gasteiger partial charge on any atom is -0.349 e. The molecule has 6 nitrogen and oxygen atoms in total. The molecule has 6 heteroatoms. The van der Waals surface area contributed by atoms with Gasteiger partial charge in [0.25, 0.3) is 0 Å². The lowest BCUT2D eigenvalue weighted by atomic mass is 10.1. The van der Waals surface area contributed by atoms with Gasteiger partial charge >= 0.3 is 0 Å². The fourth-order valence-electron chi connectivity index (χ4n) is 3.22. The first-order valence-electron chi connectivity index (χ1n) is 8.91. The highest BCUT2D eigenvalue weighted by molar-refractivity contribution is 5.34. The monoisotopic (exact) mass is 328 g/mol. The maximum absolute atomic E-state index is 4.78. The molecular formula is C18H28N6. The van der Waals surface area contributed by atoms with Crippen molar-refractivity contribution in [2.45, 2.75) is 46.1 Å².